The molecule has 1 aliphatic rings. The average Bonchev–Trinajstić information content (AvgIpc) is 3.16. The van der Waals surface area contributed by atoms with Gasteiger partial charge >= 0.3 is 0 Å². The van der Waals surface area contributed by atoms with Gasteiger partial charge in [-0.1, -0.05) is 6.07 Å². The first-order valence-electron chi connectivity index (χ1n) is 7.47. The lowest BCUT2D eigenvalue weighted by molar-refractivity contribution is -0.130. The number of amides is 2. The second kappa shape index (κ2) is 6.79. The molecule has 0 unspecified atom stereocenters. The largest absolute Gasteiger partial charge is 0.365 e. The Morgan fingerprint density at radius 2 is 1.91 bits per heavy atom. The fraction of sp³-hybridized carbons (Fsp3) is 0.375. The zero-order valence-electron chi connectivity index (χ0n) is 12.3. The zero-order chi connectivity index (χ0) is 15.4. The monoisotopic (exact) mass is 317 g/mol. The number of H-pyrrole nitrogens is 1. The molecule has 116 valence electrons. The number of aromatic amines is 1. The number of hydrogen-bond acceptors (Lipinski definition) is 3. The molecule has 0 aromatic carbocycles. The molecule has 2 aromatic rings. The van der Waals surface area contributed by atoms with Crippen LogP contribution in [-0.2, 0) is 11.2 Å². The molecule has 2 amide bonds. The molecule has 1 saturated heterocycles. The number of carbonyl (C=O) groups excluding carboxylic acids is 2. The number of thiophene rings is 1. The molecule has 5 nitrogen and oxygen atoms in total. The van der Waals surface area contributed by atoms with Crippen molar-refractivity contribution in [2.24, 2.45) is 0 Å². The maximum Gasteiger partial charge on any atom is 0.263 e. The van der Waals surface area contributed by atoms with Crippen molar-refractivity contribution >= 4 is 23.2 Å². The van der Waals surface area contributed by atoms with Crippen molar-refractivity contribution in [1.29, 1.82) is 0 Å². The Morgan fingerprint density at radius 1 is 1.09 bits per heavy atom. The lowest BCUT2D eigenvalue weighted by Crippen LogP contribution is -2.37. The maximum absolute atomic E-state index is 12.4. The third-order valence-electron chi connectivity index (χ3n) is 3.87. The summed E-state index contributed by atoms with van der Waals surface area (Å²) in [6.07, 6.45) is 3.05. The van der Waals surface area contributed by atoms with Crippen molar-refractivity contribution in [3.05, 3.63) is 46.4 Å². The first kappa shape index (κ1) is 14.8. The summed E-state index contributed by atoms with van der Waals surface area (Å²) < 4.78 is 0. The van der Waals surface area contributed by atoms with Gasteiger partial charge in [-0.25, -0.2) is 0 Å². The van der Waals surface area contributed by atoms with E-state index in [9.17, 15) is 9.59 Å². The molecule has 2 aromatic heterocycles. The van der Waals surface area contributed by atoms with E-state index in [1.54, 1.807) is 0 Å². The molecular formula is C16H19N3O2S. The van der Waals surface area contributed by atoms with Crippen LogP contribution in [-0.4, -0.2) is 52.8 Å². The topological polar surface area (TPSA) is 56.4 Å². The van der Waals surface area contributed by atoms with Gasteiger partial charge in [0.15, 0.2) is 0 Å². The molecule has 0 saturated carbocycles. The third-order valence-corrected chi connectivity index (χ3v) is 4.73. The van der Waals surface area contributed by atoms with Crippen molar-refractivity contribution in [3.8, 4) is 0 Å². The van der Waals surface area contributed by atoms with Crippen LogP contribution < -0.4 is 0 Å². The van der Waals surface area contributed by atoms with Crippen LogP contribution in [0.25, 0.3) is 0 Å². The summed E-state index contributed by atoms with van der Waals surface area (Å²) in [5.41, 5.74) is 0.931. The fourth-order valence-electron chi connectivity index (χ4n) is 2.68. The molecule has 1 N–H and O–H groups in total. The molecule has 0 atom stereocenters. The van der Waals surface area contributed by atoms with Crippen LogP contribution >= 0.6 is 11.3 Å². The van der Waals surface area contributed by atoms with Crippen LogP contribution in [0.15, 0.2) is 35.8 Å². The van der Waals surface area contributed by atoms with Gasteiger partial charge in [0, 0.05) is 38.1 Å². The van der Waals surface area contributed by atoms with Crippen LogP contribution in [0, 0.1) is 0 Å². The van der Waals surface area contributed by atoms with Crippen LogP contribution in [0.3, 0.4) is 0 Å². The summed E-state index contributed by atoms with van der Waals surface area (Å²) >= 11 is 1.47. The van der Waals surface area contributed by atoms with Gasteiger partial charge in [-0.3, -0.25) is 9.59 Å². The Balaban J connectivity index is 1.57. The van der Waals surface area contributed by atoms with Gasteiger partial charge in [-0.2, -0.15) is 0 Å². The van der Waals surface area contributed by atoms with Crippen LogP contribution in [0.5, 0.6) is 0 Å². The minimum Gasteiger partial charge on any atom is -0.365 e. The van der Waals surface area contributed by atoms with Crippen LogP contribution in [0.1, 0.15) is 21.8 Å². The number of aromatic nitrogens is 1. The number of rotatable bonds is 3. The second-order valence-corrected chi connectivity index (χ2v) is 6.32. The summed E-state index contributed by atoms with van der Waals surface area (Å²) in [4.78, 5) is 32.2. The van der Waals surface area contributed by atoms with Crippen LogP contribution in [0.4, 0.5) is 0 Å². The van der Waals surface area contributed by atoms with E-state index in [1.807, 2.05) is 45.6 Å². The normalized spacial score (nSPS) is 15.6. The highest BCUT2D eigenvalue weighted by Crippen LogP contribution is 2.14. The highest BCUT2D eigenvalue weighted by Gasteiger charge is 2.23. The van der Waals surface area contributed by atoms with Gasteiger partial charge in [0.25, 0.3) is 5.91 Å². The van der Waals surface area contributed by atoms with E-state index in [0.29, 0.717) is 32.6 Å². The minimum absolute atomic E-state index is 0.0775. The minimum atomic E-state index is 0.0775. The van der Waals surface area contributed by atoms with Crippen molar-refractivity contribution in [1.82, 2.24) is 14.8 Å². The Hall–Kier alpha value is -2.08. The van der Waals surface area contributed by atoms with E-state index in [1.165, 1.54) is 11.3 Å². The van der Waals surface area contributed by atoms with Crippen molar-refractivity contribution in [3.63, 3.8) is 0 Å². The molecule has 0 radical (unpaired) electrons. The van der Waals surface area contributed by atoms with Gasteiger partial charge in [-0.15, -0.1) is 11.3 Å². The first-order chi connectivity index (χ1) is 10.7. The molecule has 22 heavy (non-hydrogen) atoms. The van der Waals surface area contributed by atoms with Gasteiger partial charge in [0.1, 0.15) is 0 Å². The number of carbonyl (C=O) groups is 2. The molecule has 0 bridgehead atoms. The molecule has 1 fully saturated rings. The highest BCUT2D eigenvalue weighted by molar-refractivity contribution is 7.12. The fourth-order valence-corrected chi connectivity index (χ4v) is 3.37. The van der Waals surface area contributed by atoms with Crippen molar-refractivity contribution < 1.29 is 9.59 Å². The summed E-state index contributed by atoms with van der Waals surface area (Å²) in [5.74, 6) is 0.196. The Labute approximate surface area is 133 Å². The summed E-state index contributed by atoms with van der Waals surface area (Å²) in [6.45, 7) is 2.64. The Morgan fingerprint density at radius 3 is 2.64 bits per heavy atom. The highest BCUT2D eigenvalue weighted by atomic mass is 32.1. The van der Waals surface area contributed by atoms with Gasteiger partial charge in [-0.05, 0) is 30.0 Å². The molecule has 6 heteroatoms. The summed E-state index contributed by atoms with van der Waals surface area (Å²) in [5, 5.41) is 1.91. The zero-order valence-corrected chi connectivity index (χ0v) is 13.1. The number of nitrogens with zero attached hydrogens (tertiary/aromatic N) is 2. The SMILES string of the molecule is O=C(Cc1ccc[nH]1)N1CCCN(C(=O)c2cccs2)CC1. The molecule has 3 rings (SSSR count). The lowest BCUT2D eigenvalue weighted by atomic mass is 10.2. The molecule has 0 aliphatic carbocycles. The molecule has 0 spiro atoms. The van der Waals surface area contributed by atoms with E-state index < -0.39 is 0 Å². The quantitative estimate of drug-likeness (QED) is 0.941. The van der Waals surface area contributed by atoms with E-state index in [2.05, 4.69) is 4.98 Å². The second-order valence-electron chi connectivity index (χ2n) is 5.38. The lowest BCUT2D eigenvalue weighted by Gasteiger charge is -2.21. The predicted molar refractivity (Wildman–Crippen MR) is 85.9 cm³/mol. The molecule has 1 aliphatic heterocycles. The standard InChI is InChI=1S/C16H19N3O2S/c20-15(12-13-4-1-6-17-13)18-7-3-8-19(10-9-18)16(21)14-5-2-11-22-14/h1-2,4-6,11,17H,3,7-10,12H2. The summed E-state index contributed by atoms with van der Waals surface area (Å²) in [6, 6.07) is 7.56. The predicted octanol–water partition coefficient (Wildman–Crippen LogP) is 1.99. The van der Waals surface area contributed by atoms with Crippen molar-refractivity contribution in [2.75, 3.05) is 26.2 Å². The van der Waals surface area contributed by atoms with E-state index in [0.717, 1.165) is 17.0 Å². The van der Waals surface area contributed by atoms with E-state index in [-0.39, 0.29) is 11.8 Å². The number of nitrogens with one attached hydrogen (secondary N) is 1. The van der Waals surface area contributed by atoms with Crippen LogP contribution in [0.2, 0.25) is 0 Å². The first-order valence-corrected chi connectivity index (χ1v) is 8.35. The number of hydrogen-bond donors (Lipinski definition) is 1. The van der Waals surface area contributed by atoms with E-state index in [4.69, 9.17) is 0 Å². The van der Waals surface area contributed by atoms with E-state index >= 15 is 0 Å². The Bertz CT molecular complexity index is 622. The van der Waals surface area contributed by atoms with Gasteiger partial charge in [0.2, 0.25) is 5.91 Å². The van der Waals surface area contributed by atoms with Crippen molar-refractivity contribution in [2.45, 2.75) is 12.8 Å². The molecule has 3 heterocycles. The maximum atomic E-state index is 12.4. The summed E-state index contributed by atoms with van der Waals surface area (Å²) in [7, 11) is 0. The smallest absolute Gasteiger partial charge is 0.263 e. The Kier molecular flexibility index (Phi) is 4.58. The average molecular weight is 317 g/mol. The van der Waals surface area contributed by atoms with Gasteiger partial charge in [0.05, 0.1) is 11.3 Å². The van der Waals surface area contributed by atoms with Gasteiger partial charge < -0.3 is 14.8 Å². The third kappa shape index (κ3) is 3.39. The molecular weight excluding hydrogens is 298 g/mol.